The molecule has 1 saturated carbocycles. The van der Waals surface area contributed by atoms with Gasteiger partial charge >= 0.3 is 5.63 Å². The Hall–Kier alpha value is -2.41. The maximum atomic E-state index is 12.4. The lowest BCUT2D eigenvalue weighted by Crippen LogP contribution is -2.21. The average Bonchev–Trinajstić information content (AvgIpc) is 3.09. The van der Waals surface area contributed by atoms with Crippen LogP contribution in [0.3, 0.4) is 0 Å². The van der Waals surface area contributed by atoms with E-state index in [-0.39, 0.29) is 0 Å². The summed E-state index contributed by atoms with van der Waals surface area (Å²) >= 11 is 1.39. The van der Waals surface area contributed by atoms with E-state index < -0.39 is 5.63 Å². The molecule has 0 saturated heterocycles. The summed E-state index contributed by atoms with van der Waals surface area (Å²) < 4.78 is 10.7. The number of aromatic nitrogens is 2. The van der Waals surface area contributed by atoms with Crippen molar-refractivity contribution in [3.63, 3.8) is 0 Å². The molecule has 1 aromatic carbocycles. The van der Waals surface area contributed by atoms with Crippen LogP contribution < -0.4 is 15.7 Å². The van der Waals surface area contributed by atoms with Gasteiger partial charge in [-0.25, -0.2) is 4.79 Å². The number of rotatable bonds is 4. The zero-order chi connectivity index (χ0) is 17.2. The van der Waals surface area contributed by atoms with Crippen molar-refractivity contribution in [2.24, 2.45) is 0 Å². The van der Waals surface area contributed by atoms with Gasteiger partial charge in [0.1, 0.15) is 0 Å². The standard InChI is InChI=1S/C18H19N3O3S/c1-23-14-9-5-6-11-10-13(17(22)24-15(11)14)16-20-21-18(25-16)19-12-7-3-2-4-8-12/h5-6,9-10,12H,2-4,7-8H2,1H3,(H,19,21). The van der Waals surface area contributed by atoms with Crippen molar-refractivity contribution in [3.05, 3.63) is 34.7 Å². The quantitative estimate of drug-likeness (QED) is 0.710. The first kappa shape index (κ1) is 16.1. The monoisotopic (exact) mass is 357 g/mol. The second kappa shape index (κ2) is 6.84. The van der Waals surface area contributed by atoms with E-state index in [0.717, 1.165) is 23.4 Å². The van der Waals surface area contributed by atoms with Gasteiger partial charge in [-0.1, -0.05) is 42.7 Å². The molecule has 6 nitrogen and oxygen atoms in total. The van der Waals surface area contributed by atoms with Gasteiger partial charge in [0, 0.05) is 11.4 Å². The third kappa shape index (κ3) is 3.24. The number of hydrogen-bond acceptors (Lipinski definition) is 7. The highest BCUT2D eigenvalue weighted by atomic mass is 32.1. The van der Waals surface area contributed by atoms with Crippen molar-refractivity contribution < 1.29 is 9.15 Å². The summed E-state index contributed by atoms with van der Waals surface area (Å²) in [5.74, 6) is 0.540. The Kier molecular flexibility index (Phi) is 4.40. The Morgan fingerprint density at radius 2 is 2.08 bits per heavy atom. The molecular weight excluding hydrogens is 338 g/mol. The summed E-state index contributed by atoms with van der Waals surface area (Å²) in [5.41, 5.74) is 0.441. The zero-order valence-corrected chi connectivity index (χ0v) is 14.8. The van der Waals surface area contributed by atoms with E-state index in [1.54, 1.807) is 19.2 Å². The number of ether oxygens (including phenoxy) is 1. The molecule has 7 heteroatoms. The van der Waals surface area contributed by atoms with Gasteiger partial charge in [-0.3, -0.25) is 0 Å². The summed E-state index contributed by atoms with van der Waals surface area (Å²) in [7, 11) is 1.55. The van der Waals surface area contributed by atoms with Gasteiger partial charge in [-0.05, 0) is 25.0 Å². The van der Waals surface area contributed by atoms with E-state index in [4.69, 9.17) is 9.15 Å². The van der Waals surface area contributed by atoms with Crippen LogP contribution in [0.15, 0.2) is 33.5 Å². The Morgan fingerprint density at radius 1 is 1.24 bits per heavy atom. The molecule has 1 aliphatic carbocycles. The first-order chi connectivity index (χ1) is 12.2. The zero-order valence-electron chi connectivity index (χ0n) is 13.9. The Labute approximate surface area is 148 Å². The van der Waals surface area contributed by atoms with Crippen LogP contribution in [0.5, 0.6) is 5.75 Å². The highest BCUT2D eigenvalue weighted by Gasteiger charge is 2.18. The Balaban J connectivity index is 1.65. The average molecular weight is 357 g/mol. The Morgan fingerprint density at radius 3 is 2.88 bits per heavy atom. The maximum Gasteiger partial charge on any atom is 0.346 e. The predicted octanol–water partition coefficient (Wildman–Crippen LogP) is 4.06. The Bertz CT molecular complexity index is 944. The SMILES string of the molecule is COc1cccc2cc(-c3nnc(NC4CCCCC4)s3)c(=O)oc12. The molecule has 130 valence electrons. The van der Waals surface area contributed by atoms with Crippen molar-refractivity contribution in [2.45, 2.75) is 38.1 Å². The molecule has 1 fully saturated rings. The number of methoxy groups -OCH3 is 1. The fourth-order valence-electron chi connectivity index (χ4n) is 3.24. The molecule has 0 spiro atoms. The maximum absolute atomic E-state index is 12.4. The fraction of sp³-hybridized carbons (Fsp3) is 0.389. The van der Waals surface area contributed by atoms with Crippen LogP contribution in [0.25, 0.3) is 21.5 Å². The molecule has 1 aliphatic rings. The van der Waals surface area contributed by atoms with Gasteiger partial charge in [0.15, 0.2) is 16.3 Å². The minimum atomic E-state index is -0.433. The number of para-hydroxylation sites is 1. The summed E-state index contributed by atoms with van der Waals surface area (Å²) in [5, 5.41) is 13.9. The normalized spacial score (nSPS) is 15.4. The molecule has 0 aliphatic heterocycles. The van der Waals surface area contributed by atoms with E-state index in [1.165, 1.54) is 30.6 Å². The molecule has 1 N–H and O–H groups in total. The third-order valence-corrected chi connectivity index (χ3v) is 5.42. The van der Waals surface area contributed by atoms with E-state index in [9.17, 15) is 4.79 Å². The molecule has 2 aromatic heterocycles. The number of fused-ring (bicyclic) bond motifs is 1. The van der Waals surface area contributed by atoms with Crippen molar-refractivity contribution >= 4 is 27.4 Å². The molecule has 0 unspecified atom stereocenters. The summed E-state index contributed by atoms with van der Waals surface area (Å²) in [6, 6.07) is 7.75. The number of anilines is 1. The lowest BCUT2D eigenvalue weighted by molar-refractivity contribution is 0.407. The van der Waals surface area contributed by atoms with Crippen LogP contribution in [0.2, 0.25) is 0 Å². The first-order valence-corrected chi connectivity index (χ1v) is 9.27. The van der Waals surface area contributed by atoms with Gasteiger partial charge in [0.05, 0.1) is 12.7 Å². The molecule has 0 atom stereocenters. The molecule has 0 bridgehead atoms. The van der Waals surface area contributed by atoms with Gasteiger partial charge < -0.3 is 14.5 Å². The van der Waals surface area contributed by atoms with Crippen LogP contribution >= 0.6 is 11.3 Å². The molecule has 0 radical (unpaired) electrons. The van der Waals surface area contributed by atoms with Crippen LogP contribution in [-0.2, 0) is 0 Å². The van der Waals surface area contributed by atoms with E-state index in [0.29, 0.717) is 27.9 Å². The molecule has 3 aromatic rings. The van der Waals surface area contributed by atoms with Crippen LogP contribution in [0.4, 0.5) is 5.13 Å². The van der Waals surface area contributed by atoms with Crippen molar-refractivity contribution in [1.82, 2.24) is 10.2 Å². The molecule has 25 heavy (non-hydrogen) atoms. The molecular formula is C18H19N3O3S. The summed E-state index contributed by atoms with van der Waals surface area (Å²) in [6.07, 6.45) is 6.12. The van der Waals surface area contributed by atoms with Crippen molar-refractivity contribution in [1.29, 1.82) is 0 Å². The molecule has 4 rings (SSSR count). The van der Waals surface area contributed by atoms with Crippen LogP contribution in [0.1, 0.15) is 32.1 Å². The molecule has 0 amide bonds. The fourth-order valence-corrected chi connectivity index (χ4v) is 4.06. The van der Waals surface area contributed by atoms with Gasteiger partial charge in [-0.2, -0.15) is 0 Å². The molecule has 2 heterocycles. The lowest BCUT2D eigenvalue weighted by atomic mass is 9.96. The van der Waals surface area contributed by atoms with Gasteiger partial charge in [0.25, 0.3) is 0 Å². The third-order valence-electron chi connectivity index (χ3n) is 4.53. The van der Waals surface area contributed by atoms with E-state index >= 15 is 0 Å². The first-order valence-electron chi connectivity index (χ1n) is 8.46. The van der Waals surface area contributed by atoms with Crippen LogP contribution in [-0.4, -0.2) is 23.3 Å². The van der Waals surface area contributed by atoms with Crippen molar-refractivity contribution in [2.75, 3.05) is 12.4 Å². The predicted molar refractivity (Wildman–Crippen MR) is 98.4 cm³/mol. The summed E-state index contributed by atoms with van der Waals surface area (Å²) in [4.78, 5) is 12.4. The lowest BCUT2D eigenvalue weighted by Gasteiger charge is -2.21. The number of benzene rings is 1. The minimum Gasteiger partial charge on any atom is -0.493 e. The second-order valence-electron chi connectivity index (χ2n) is 6.22. The summed E-state index contributed by atoms with van der Waals surface area (Å²) in [6.45, 7) is 0. The van der Waals surface area contributed by atoms with Crippen molar-refractivity contribution in [3.8, 4) is 16.3 Å². The minimum absolute atomic E-state index is 0.426. The van der Waals surface area contributed by atoms with Gasteiger partial charge in [-0.15, -0.1) is 10.2 Å². The smallest absolute Gasteiger partial charge is 0.346 e. The number of hydrogen-bond donors (Lipinski definition) is 1. The highest BCUT2D eigenvalue weighted by molar-refractivity contribution is 7.18. The largest absolute Gasteiger partial charge is 0.493 e. The topological polar surface area (TPSA) is 77.3 Å². The van der Waals surface area contributed by atoms with E-state index in [1.807, 2.05) is 12.1 Å². The second-order valence-corrected chi connectivity index (χ2v) is 7.20. The number of nitrogens with zero attached hydrogens (tertiary/aromatic N) is 2. The highest BCUT2D eigenvalue weighted by Crippen LogP contribution is 2.31. The van der Waals surface area contributed by atoms with Crippen LogP contribution in [0, 0.1) is 0 Å². The van der Waals surface area contributed by atoms with E-state index in [2.05, 4.69) is 15.5 Å². The van der Waals surface area contributed by atoms with Gasteiger partial charge in [0.2, 0.25) is 5.13 Å². The number of nitrogens with one attached hydrogen (secondary N) is 1.